The number of hydrogen-bond acceptors (Lipinski definition) is 6. The molecule has 0 saturated heterocycles. The third-order valence-corrected chi connectivity index (χ3v) is 4.11. The van der Waals surface area contributed by atoms with E-state index in [4.69, 9.17) is 0 Å². The fraction of sp³-hybridized carbons (Fsp3) is 0.500. The lowest BCUT2D eigenvalue weighted by atomic mass is 10.2. The Morgan fingerprint density at radius 3 is 2.69 bits per heavy atom. The zero-order chi connectivity index (χ0) is 11.5. The first-order valence-electron chi connectivity index (χ1n) is 5.13. The Bertz CT molecular complexity index is 461. The molecule has 0 amide bonds. The van der Waals surface area contributed by atoms with Crippen molar-refractivity contribution in [3.63, 3.8) is 0 Å². The van der Waals surface area contributed by atoms with Gasteiger partial charge in [-0.25, -0.2) is 4.98 Å². The van der Waals surface area contributed by atoms with Crippen molar-refractivity contribution < 1.29 is 0 Å². The van der Waals surface area contributed by atoms with E-state index in [2.05, 4.69) is 34.3 Å². The number of anilines is 1. The van der Waals surface area contributed by atoms with Gasteiger partial charge in [0.1, 0.15) is 5.01 Å². The Morgan fingerprint density at radius 1 is 1.31 bits per heavy atom. The van der Waals surface area contributed by atoms with Crippen LogP contribution in [0.5, 0.6) is 0 Å². The first-order chi connectivity index (χ1) is 7.65. The minimum Gasteiger partial charge on any atom is -0.355 e. The van der Waals surface area contributed by atoms with E-state index in [9.17, 15) is 0 Å². The van der Waals surface area contributed by atoms with Crippen LogP contribution in [0.15, 0.2) is 6.20 Å². The molecule has 0 aromatic carbocycles. The average Bonchev–Trinajstić information content (AvgIpc) is 2.83. The molecule has 6 heteroatoms. The predicted molar refractivity (Wildman–Crippen MR) is 68.2 cm³/mol. The van der Waals surface area contributed by atoms with Crippen molar-refractivity contribution in [2.75, 3.05) is 5.32 Å². The third kappa shape index (κ3) is 2.76. The van der Waals surface area contributed by atoms with Crippen molar-refractivity contribution in [1.29, 1.82) is 0 Å². The SMILES string of the molecule is Cc1ncc(CNc2nnc(C(C)C)s2)s1. The Labute approximate surface area is 103 Å². The smallest absolute Gasteiger partial charge is 0.205 e. The molecule has 2 rings (SSSR count). The summed E-state index contributed by atoms with van der Waals surface area (Å²) in [5.74, 6) is 0.443. The van der Waals surface area contributed by atoms with Crippen molar-refractivity contribution in [2.24, 2.45) is 0 Å². The van der Waals surface area contributed by atoms with Crippen LogP contribution in [0.25, 0.3) is 0 Å². The van der Waals surface area contributed by atoms with Crippen LogP contribution in [0.2, 0.25) is 0 Å². The second-order valence-corrected chi connectivity index (χ2v) is 6.13. The number of aromatic nitrogens is 3. The van der Waals surface area contributed by atoms with Crippen LogP contribution in [-0.4, -0.2) is 15.2 Å². The van der Waals surface area contributed by atoms with Gasteiger partial charge >= 0.3 is 0 Å². The van der Waals surface area contributed by atoms with Crippen molar-refractivity contribution in [1.82, 2.24) is 15.2 Å². The lowest BCUT2D eigenvalue weighted by molar-refractivity contribution is 0.824. The predicted octanol–water partition coefficient (Wildman–Crippen LogP) is 3.04. The molecule has 1 N–H and O–H groups in total. The molecule has 4 nitrogen and oxygen atoms in total. The maximum Gasteiger partial charge on any atom is 0.205 e. The zero-order valence-corrected chi connectivity index (χ0v) is 11.2. The number of thiazole rings is 1. The summed E-state index contributed by atoms with van der Waals surface area (Å²) in [5.41, 5.74) is 0. The molecule has 0 bridgehead atoms. The van der Waals surface area contributed by atoms with Gasteiger partial charge in [0.05, 0.1) is 11.6 Å². The third-order valence-electron chi connectivity index (χ3n) is 2.02. The van der Waals surface area contributed by atoms with E-state index in [-0.39, 0.29) is 0 Å². The molecule has 0 aliphatic carbocycles. The fourth-order valence-corrected chi connectivity index (χ4v) is 2.67. The monoisotopic (exact) mass is 254 g/mol. The summed E-state index contributed by atoms with van der Waals surface area (Å²) in [4.78, 5) is 5.43. The number of nitrogens with zero attached hydrogens (tertiary/aromatic N) is 3. The minimum absolute atomic E-state index is 0.443. The normalized spacial score (nSPS) is 11.0. The van der Waals surface area contributed by atoms with Crippen molar-refractivity contribution in [3.05, 3.63) is 21.1 Å². The number of rotatable bonds is 4. The van der Waals surface area contributed by atoms with Crippen LogP contribution in [0.4, 0.5) is 5.13 Å². The van der Waals surface area contributed by atoms with Gasteiger partial charge in [-0.15, -0.1) is 21.5 Å². The van der Waals surface area contributed by atoms with E-state index < -0.39 is 0 Å². The summed E-state index contributed by atoms with van der Waals surface area (Å²) in [5, 5.41) is 14.5. The van der Waals surface area contributed by atoms with E-state index in [0.29, 0.717) is 5.92 Å². The lowest BCUT2D eigenvalue weighted by Gasteiger charge is -1.97. The summed E-state index contributed by atoms with van der Waals surface area (Å²) in [6.07, 6.45) is 1.90. The minimum atomic E-state index is 0.443. The Kier molecular flexibility index (Phi) is 3.50. The molecule has 0 spiro atoms. The van der Waals surface area contributed by atoms with Gasteiger partial charge in [-0.1, -0.05) is 25.2 Å². The number of hydrogen-bond donors (Lipinski definition) is 1. The summed E-state index contributed by atoms with van der Waals surface area (Å²) in [7, 11) is 0. The maximum atomic E-state index is 4.21. The van der Waals surface area contributed by atoms with Gasteiger partial charge in [-0.05, 0) is 6.92 Å². The van der Waals surface area contributed by atoms with Crippen LogP contribution >= 0.6 is 22.7 Å². The molecule has 0 aliphatic rings. The van der Waals surface area contributed by atoms with Gasteiger partial charge in [0, 0.05) is 17.0 Å². The Morgan fingerprint density at radius 2 is 2.12 bits per heavy atom. The highest BCUT2D eigenvalue weighted by Crippen LogP contribution is 2.23. The molecule has 16 heavy (non-hydrogen) atoms. The van der Waals surface area contributed by atoms with Gasteiger partial charge in [-0.2, -0.15) is 0 Å². The van der Waals surface area contributed by atoms with Crippen molar-refractivity contribution >= 4 is 27.8 Å². The molecule has 2 aromatic heterocycles. The highest BCUT2D eigenvalue weighted by Gasteiger charge is 2.07. The highest BCUT2D eigenvalue weighted by molar-refractivity contribution is 7.15. The van der Waals surface area contributed by atoms with E-state index in [1.165, 1.54) is 4.88 Å². The zero-order valence-electron chi connectivity index (χ0n) is 9.52. The summed E-state index contributed by atoms with van der Waals surface area (Å²) in [6.45, 7) is 7.03. The molecule has 0 fully saturated rings. The first-order valence-corrected chi connectivity index (χ1v) is 6.77. The maximum absolute atomic E-state index is 4.21. The molecule has 86 valence electrons. The second kappa shape index (κ2) is 4.88. The summed E-state index contributed by atoms with van der Waals surface area (Å²) in [6, 6.07) is 0. The van der Waals surface area contributed by atoms with Gasteiger partial charge in [0.2, 0.25) is 5.13 Å². The van der Waals surface area contributed by atoms with Crippen molar-refractivity contribution in [2.45, 2.75) is 33.2 Å². The van der Waals surface area contributed by atoms with Crippen LogP contribution in [0, 0.1) is 6.92 Å². The highest BCUT2D eigenvalue weighted by atomic mass is 32.1. The quantitative estimate of drug-likeness (QED) is 0.911. The van der Waals surface area contributed by atoms with E-state index in [0.717, 1.165) is 21.7 Å². The number of nitrogens with one attached hydrogen (secondary N) is 1. The Hall–Kier alpha value is -1.01. The average molecular weight is 254 g/mol. The summed E-state index contributed by atoms with van der Waals surface area (Å²) >= 11 is 3.32. The molecule has 2 aromatic rings. The van der Waals surface area contributed by atoms with E-state index >= 15 is 0 Å². The van der Waals surface area contributed by atoms with Crippen LogP contribution in [0.3, 0.4) is 0 Å². The fourth-order valence-electron chi connectivity index (χ4n) is 1.19. The molecule has 2 heterocycles. The second-order valence-electron chi connectivity index (χ2n) is 3.80. The molecule has 0 saturated carbocycles. The van der Waals surface area contributed by atoms with E-state index in [1.54, 1.807) is 22.7 Å². The molecule has 0 unspecified atom stereocenters. The standard InChI is InChI=1S/C10H14N4S2/c1-6(2)9-13-14-10(16-9)12-5-8-4-11-7(3)15-8/h4,6H,5H2,1-3H3,(H,12,14). The number of aryl methyl sites for hydroxylation is 1. The molecular weight excluding hydrogens is 240 g/mol. The summed E-state index contributed by atoms with van der Waals surface area (Å²) < 4.78 is 0. The van der Waals surface area contributed by atoms with Crippen LogP contribution < -0.4 is 5.32 Å². The lowest BCUT2D eigenvalue weighted by Crippen LogP contribution is -1.96. The first kappa shape index (κ1) is 11.5. The van der Waals surface area contributed by atoms with Gasteiger partial charge in [0.15, 0.2) is 0 Å². The molecule has 0 radical (unpaired) electrons. The van der Waals surface area contributed by atoms with Crippen molar-refractivity contribution in [3.8, 4) is 0 Å². The van der Waals surface area contributed by atoms with Gasteiger partial charge in [-0.3, -0.25) is 0 Å². The molecular formula is C10H14N4S2. The van der Waals surface area contributed by atoms with Gasteiger partial charge < -0.3 is 5.32 Å². The largest absolute Gasteiger partial charge is 0.355 e. The molecule has 0 atom stereocenters. The van der Waals surface area contributed by atoms with E-state index in [1.807, 2.05) is 13.1 Å². The van der Waals surface area contributed by atoms with Crippen LogP contribution in [-0.2, 0) is 6.54 Å². The Balaban J connectivity index is 1.94. The van der Waals surface area contributed by atoms with Gasteiger partial charge in [0.25, 0.3) is 0 Å². The molecule has 0 aliphatic heterocycles. The van der Waals surface area contributed by atoms with Crippen LogP contribution in [0.1, 0.15) is 34.7 Å². The topological polar surface area (TPSA) is 50.7 Å².